The zero-order chi connectivity index (χ0) is 14.5. The van der Waals surface area contributed by atoms with Gasteiger partial charge in [0.05, 0.1) is 19.3 Å². The number of rotatable bonds is 4. The largest absolute Gasteiger partial charge is 0.392 e. The molecule has 0 unspecified atom stereocenters. The minimum atomic E-state index is 0.0892. The van der Waals surface area contributed by atoms with Crippen molar-refractivity contribution in [1.29, 1.82) is 0 Å². The van der Waals surface area contributed by atoms with Crippen LogP contribution in [0.1, 0.15) is 22.8 Å². The third-order valence-corrected chi connectivity index (χ3v) is 3.93. The van der Waals surface area contributed by atoms with Crippen LogP contribution in [0, 0.1) is 0 Å². The molecule has 3 rings (SSSR count). The molecule has 3 heteroatoms. The number of benzene rings is 2. The first kappa shape index (κ1) is 14.3. The Labute approximate surface area is 125 Å². The van der Waals surface area contributed by atoms with E-state index in [0.717, 1.165) is 31.8 Å². The monoisotopic (exact) mass is 283 g/mol. The standard InChI is InChI=1S/C18H21NO2/c20-14-16-6-8-17(9-7-16)18-13-19(10-11-21-18)12-15-4-2-1-3-5-15/h1-9,18,20H,10-14H2/t18-/m1/s1. The number of morpholine rings is 1. The van der Waals surface area contributed by atoms with Crippen molar-refractivity contribution in [2.24, 2.45) is 0 Å². The minimum absolute atomic E-state index is 0.0892. The van der Waals surface area contributed by atoms with E-state index in [1.165, 1.54) is 11.1 Å². The van der Waals surface area contributed by atoms with Crippen LogP contribution >= 0.6 is 0 Å². The Balaban J connectivity index is 1.64. The molecule has 1 aliphatic rings. The predicted molar refractivity (Wildman–Crippen MR) is 82.8 cm³/mol. The Morgan fingerprint density at radius 2 is 1.76 bits per heavy atom. The molecule has 0 aromatic heterocycles. The fourth-order valence-corrected chi connectivity index (χ4v) is 2.73. The Morgan fingerprint density at radius 3 is 2.48 bits per heavy atom. The van der Waals surface area contributed by atoms with Crippen LogP contribution in [-0.2, 0) is 17.9 Å². The molecule has 110 valence electrons. The molecule has 0 aliphatic carbocycles. The molecule has 1 saturated heterocycles. The number of aliphatic hydroxyl groups is 1. The second kappa shape index (κ2) is 6.85. The maximum atomic E-state index is 9.11. The Hall–Kier alpha value is -1.68. The van der Waals surface area contributed by atoms with Gasteiger partial charge in [0.25, 0.3) is 0 Å². The van der Waals surface area contributed by atoms with Crippen molar-refractivity contribution in [3.8, 4) is 0 Å². The molecule has 1 fully saturated rings. The Morgan fingerprint density at radius 1 is 1.00 bits per heavy atom. The molecule has 3 nitrogen and oxygen atoms in total. The molecular formula is C18H21NO2. The van der Waals surface area contributed by atoms with Crippen molar-refractivity contribution in [3.63, 3.8) is 0 Å². The molecule has 1 N–H and O–H groups in total. The van der Waals surface area contributed by atoms with Gasteiger partial charge in [0.2, 0.25) is 0 Å². The first-order valence-electron chi connectivity index (χ1n) is 7.43. The molecule has 0 radical (unpaired) electrons. The van der Waals surface area contributed by atoms with Crippen LogP contribution in [0.2, 0.25) is 0 Å². The van der Waals surface area contributed by atoms with Crippen molar-refractivity contribution in [1.82, 2.24) is 4.90 Å². The second-order valence-electron chi connectivity index (χ2n) is 5.48. The number of ether oxygens (including phenoxy) is 1. The molecule has 0 amide bonds. The van der Waals surface area contributed by atoms with Gasteiger partial charge in [-0.05, 0) is 16.7 Å². The van der Waals surface area contributed by atoms with Gasteiger partial charge in [-0.2, -0.15) is 0 Å². The summed E-state index contributed by atoms with van der Waals surface area (Å²) >= 11 is 0. The Kier molecular flexibility index (Phi) is 4.65. The lowest BCUT2D eigenvalue weighted by atomic mass is 10.1. The zero-order valence-corrected chi connectivity index (χ0v) is 12.1. The molecular weight excluding hydrogens is 262 g/mol. The molecule has 2 aromatic carbocycles. The molecule has 1 atom stereocenters. The predicted octanol–water partition coefficient (Wildman–Crippen LogP) is 2.75. The van der Waals surface area contributed by atoms with Gasteiger partial charge in [-0.15, -0.1) is 0 Å². The third-order valence-electron chi connectivity index (χ3n) is 3.93. The van der Waals surface area contributed by atoms with E-state index in [2.05, 4.69) is 41.3 Å². The first-order valence-corrected chi connectivity index (χ1v) is 7.43. The molecule has 0 spiro atoms. The quantitative estimate of drug-likeness (QED) is 0.936. The van der Waals surface area contributed by atoms with E-state index >= 15 is 0 Å². The summed E-state index contributed by atoms with van der Waals surface area (Å²) in [6, 6.07) is 18.6. The van der Waals surface area contributed by atoms with Crippen LogP contribution in [0.15, 0.2) is 54.6 Å². The number of hydrogen-bond donors (Lipinski definition) is 1. The van der Waals surface area contributed by atoms with E-state index in [1.54, 1.807) is 0 Å². The van der Waals surface area contributed by atoms with Crippen molar-refractivity contribution < 1.29 is 9.84 Å². The first-order chi connectivity index (χ1) is 10.3. The lowest BCUT2D eigenvalue weighted by molar-refractivity contribution is -0.0329. The third kappa shape index (κ3) is 3.70. The van der Waals surface area contributed by atoms with E-state index in [1.807, 2.05) is 18.2 Å². The molecule has 0 saturated carbocycles. The lowest BCUT2D eigenvalue weighted by Gasteiger charge is -2.33. The summed E-state index contributed by atoms with van der Waals surface area (Å²) in [5.74, 6) is 0. The van der Waals surface area contributed by atoms with E-state index in [9.17, 15) is 0 Å². The van der Waals surface area contributed by atoms with Gasteiger partial charge in [-0.25, -0.2) is 0 Å². The molecule has 0 bridgehead atoms. The van der Waals surface area contributed by atoms with Crippen LogP contribution in [0.4, 0.5) is 0 Å². The Bertz CT molecular complexity index is 553. The van der Waals surface area contributed by atoms with Gasteiger partial charge < -0.3 is 9.84 Å². The average molecular weight is 283 g/mol. The van der Waals surface area contributed by atoms with Crippen LogP contribution < -0.4 is 0 Å². The number of nitrogens with zero attached hydrogens (tertiary/aromatic N) is 1. The normalized spacial score (nSPS) is 19.6. The maximum absolute atomic E-state index is 9.11. The second-order valence-corrected chi connectivity index (χ2v) is 5.48. The van der Waals surface area contributed by atoms with E-state index in [0.29, 0.717) is 0 Å². The number of hydrogen-bond acceptors (Lipinski definition) is 3. The van der Waals surface area contributed by atoms with Gasteiger partial charge in [0, 0.05) is 19.6 Å². The smallest absolute Gasteiger partial charge is 0.0952 e. The summed E-state index contributed by atoms with van der Waals surface area (Å²) in [4.78, 5) is 2.43. The highest BCUT2D eigenvalue weighted by atomic mass is 16.5. The van der Waals surface area contributed by atoms with Gasteiger partial charge >= 0.3 is 0 Å². The highest BCUT2D eigenvalue weighted by Crippen LogP contribution is 2.23. The van der Waals surface area contributed by atoms with Crippen LogP contribution in [0.3, 0.4) is 0 Å². The maximum Gasteiger partial charge on any atom is 0.0952 e. The minimum Gasteiger partial charge on any atom is -0.392 e. The van der Waals surface area contributed by atoms with E-state index in [4.69, 9.17) is 9.84 Å². The SMILES string of the molecule is OCc1ccc([C@H]2CN(Cc3ccccc3)CCO2)cc1. The van der Waals surface area contributed by atoms with Crippen molar-refractivity contribution in [3.05, 3.63) is 71.3 Å². The molecule has 21 heavy (non-hydrogen) atoms. The van der Waals surface area contributed by atoms with Gasteiger partial charge in [0.1, 0.15) is 0 Å². The summed E-state index contributed by atoms with van der Waals surface area (Å²) in [6.07, 6.45) is 0.121. The summed E-state index contributed by atoms with van der Waals surface area (Å²) in [7, 11) is 0. The van der Waals surface area contributed by atoms with Crippen molar-refractivity contribution in [2.75, 3.05) is 19.7 Å². The molecule has 1 aliphatic heterocycles. The summed E-state index contributed by atoms with van der Waals surface area (Å²) in [5, 5.41) is 9.11. The topological polar surface area (TPSA) is 32.7 Å². The summed E-state index contributed by atoms with van der Waals surface area (Å²) in [5.41, 5.74) is 3.47. The summed E-state index contributed by atoms with van der Waals surface area (Å²) in [6.45, 7) is 3.70. The van der Waals surface area contributed by atoms with Crippen molar-refractivity contribution in [2.45, 2.75) is 19.3 Å². The fourth-order valence-electron chi connectivity index (χ4n) is 2.73. The average Bonchev–Trinajstić information content (AvgIpc) is 2.56. The number of aliphatic hydroxyl groups excluding tert-OH is 1. The molecule has 1 heterocycles. The highest BCUT2D eigenvalue weighted by molar-refractivity contribution is 5.24. The van der Waals surface area contributed by atoms with Crippen LogP contribution in [0.5, 0.6) is 0 Å². The van der Waals surface area contributed by atoms with Gasteiger partial charge in [0.15, 0.2) is 0 Å². The van der Waals surface area contributed by atoms with Gasteiger partial charge in [-0.1, -0.05) is 54.6 Å². The zero-order valence-electron chi connectivity index (χ0n) is 12.1. The summed E-state index contributed by atoms with van der Waals surface area (Å²) < 4.78 is 5.90. The lowest BCUT2D eigenvalue weighted by Crippen LogP contribution is -2.37. The van der Waals surface area contributed by atoms with E-state index in [-0.39, 0.29) is 12.7 Å². The van der Waals surface area contributed by atoms with Crippen LogP contribution in [0.25, 0.3) is 0 Å². The van der Waals surface area contributed by atoms with Crippen molar-refractivity contribution >= 4 is 0 Å². The highest BCUT2D eigenvalue weighted by Gasteiger charge is 2.21. The van der Waals surface area contributed by atoms with E-state index < -0.39 is 0 Å². The van der Waals surface area contributed by atoms with Gasteiger partial charge in [-0.3, -0.25) is 4.90 Å². The molecule has 2 aromatic rings. The fraction of sp³-hybridized carbons (Fsp3) is 0.333. The van der Waals surface area contributed by atoms with Crippen LogP contribution in [-0.4, -0.2) is 29.7 Å².